The number of pyridine rings is 1. The molecule has 5 fully saturated rings. The number of carbonyl (C=O) groups is 2. The van der Waals surface area contributed by atoms with Gasteiger partial charge in [0, 0.05) is 106 Å². The van der Waals surface area contributed by atoms with E-state index >= 15 is 0 Å². The van der Waals surface area contributed by atoms with Gasteiger partial charge in [0.15, 0.2) is 17.3 Å². The van der Waals surface area contributed by atoms with Crippen molar-refractivity contribution in [1.29, 1.82) is 0 Å². The van der Waals surface area contributed by atoms with Gasteiger partial charge in [0.25, 0.3) is 0 Å². The molecular formula is C118H161FN8O9S2. The van der Waals surface area contributed by atoms with Gasteiger partial charge in [-0.1, -0.05) is 251 Å². The maximum Gasteiger partial charge on any atom is 0.220 e. The Hall–Kier alpha value is -9.35. The predicted octanol–water partition coefficient (Wildman–Crippen LogP) is 24.9. The number of carbonyl (C=O) groups excluding carboxylic acids is 2. The fraction of sp³-hybridized carbons (Fsp3) is 0.508. The highest BCUT2D eigenvalue weighted by Gasteiger charge is 2.36. The van der Waals surface area contributed by atoms with Gasteiger partial charge in [0.05, 0.1) is 48.4 Å². The van der Waals surface area contributed by atoms with Crippen LogP contribution >= 0.6 is 11.8 Å². The fourth-order valence-electron chi connectivity index (χ4n) is 20.9. The number of piperazine rings is 1. The van der Waals surface area contributed by atoms with E-state index in [0.29, 0.717) is 53.5 Å². The van der Waals surface area contributed by atoms with Gasteiger partial charge in [0.2, 0.25) is 15.7 Å². The summed E-state index contributed by atoms with van der Waals surface area (Å²) < 4.78 is 71.3. The number of piperidine rings is 1. The van der Waals surface area contributed by atoms with Gasteiger partial charge in [-0.15, -0.1) is 11.8 Å². The summed E-state index contributed by atoms with van der Waals surface area (Å²) in [6.45, 7) is 22.1. The number of halogens is 1. The number of para-hydroxylation sites is 1. The summed E-state index contributed by atoms with van der Waals surface area (Å²) in [7, 11) is 5.95. The van der Waals surface area contributed by atoms with Gasteiger partial charge < -0.3 is 58.3 Å². The molecule has 3 aliphatic carbocycles. The van der Waals surface area contributed by atoms with Gasteiger partial charge in [-0.3, -0.25) is 14.5 Å². The molecule has 17 nitrogen and oxygen atoms in total. The molecule has 2 unspecified atom stereocenters. The van der Waals surface area contributed by atoms with Crippen molar-refractivity contribution in [2.45, 2.75) is 252 Å². The van der Waals surface area contributed by atoms with Gasteiger partial charge in [-0.25, -0.2) is 12.8 Å². The molecule has 2 saturated heterocycles. The maximum absolute atomic E-state index is 13.6. The number of hydrogen-bond acceptors (Lipinski definition) is 16. The SMILES string of the molecule is C1CCC(C(CC2CCCCN2)C2CCCCC2)CC1.CCN(CC)CCOc1ccccc1C(=O)CCc1ccccc1.CN(C)CCCOC1(Cc2ccccc2)CCCCCC1.COc1ccc(CCN(C)CCCOc2ccc(S(=O)(=O)c3c(C(C)C)cn4ccccc34)cc2)cc1OC.O=C(CCCN1CCN(c2ccc(F)cc2)CC1)NC1c2ccccc2CSc2ccccc21. The Morgan fingerprint density at radius 3 is 1.87 bits per heavy atom. The number of rotatable bonds is 40. The van der Waals surface area contributed by atoms with Crippen molar-refractivity contribution in [2.75, 3.05) is 139 Å². The van der Waals surface area contributed by atoms with Crippen LogP contribution in [0.2, 0.25) is 0 Å². The Balaban J connectivity index is 0.000000159. The predicted molar refractivity (Wildman–Crippen MR) is 566 cm³/mol. The number of nitrogens with zero attached hydrogens (tertiary/aromatic N) is 6. The normalized spacial score (nSPS) is 17.0. The molecule has 0 radical (unpaired) electrons. The summed E-state index contributed by atoms with van der Waals surface area (Å²) in [6.07, 6.45) is 39.4. The molecule has 3 aliphatic heterocycles. The second-order valence-corrected chi connectivity index (χ2v) is 42.2. The number of thioether (sulfide) groups is 1. The lowest BCUT2D eigenvalue weighted by Gasteiger charge is -2.40. The van der Waals surface area contributed by atoms with E-state index in [9.17, 15) is 22.4 Å². The van der Waals surface area contributed by atoms with Crippen LogP contribution in [0.1, 0.15) is 249 Å². The van der Waals surface area contributed by atoms with Crippen molar-refractivity contribution in [1.82, 2.24) is 34.6 Å². The lowest BCUT2D eigenvalue weighted by molar-refractivity contribution is -0.121. The number of fused-ring (bicyclic) bond motifs is 3. The number of sulfone groups is 1. The van der Waals surface area contributed by atoms with E-state index in [-0.39, 0.29) is 40.0 Å². The molecule has 2 atom stereocenters. The van der Waals surface area contributed by atoms with E-state index in [2.05, 4.69) is 167 Å². The molecule has 5 heterocycles. The summed E-state index contributed by atoms with van der Waals surface area (Å²) in [4.78, 5) is 38.9. The van der Waals surface area contributed by atoms with Crippen molar-refractivity contribution in [3.63, 3.8) is 0 Å². The Morgan fingerprint density at radius 1 is 0.572 bits per heavy atom. The molecule has 138 heavy (non-hydrogen) atoms. The minimum Gasteiger partial charge on any atom is -0.494 e. The third kappa shape index (κ3) is 33.7. The number of ether oxygens (including phenoxy) is 5. The molecular weight excluding hydrogens is 1760 g/mol. The van der Waals surface area contributed by atoms with Crippen LogP contribution in [-0.4, -0.2) is 189 Å². The number of ketones is 1. The molecule has 10 aromatic rings. The number of aryl methyl sites for hydroxylation is 1. The van der Waals surface area contributed by atoms with Gasteiger partial charge in [-0.2, -0.15) is 0 Å². The topological polar surface area (TPSA) is 159 Å². The molecule has 16 rings (SSSR count). The van der Waals surface area contributed by atoms with E-state index < -0.39 is 9.84 Å². The van der Waals surface area contributed by atoms with Crippen molar-refractivity contribution < 1.29 is 46.1 Å². The molecule has 746 valence electrons. The minimum absolute atomic E-state index is 0.0782. The lowest BCUT2D eigenvalue weighted by atomic mass is 9.67. The largest absolute Gasteiger partial charge is 0.494 e. The second kappa shape index (κ2) is 57.5. The van der Waals surface area contributed by atoms with E-state index in [0.717, 1.165) is 169 Å². The Kier molecular flexibility index (Phi) is 44.8. The van der Waals surface area contributed by atoms with Crippen LogP contribution in [-0.2, 0) is 44.4 Å². The van der Waals surface area contributed by atoms with Crippen LogP contribution in [0.4, 0.5) is 10.1 Å². The third-order valence-corrected chi connectivity index (χ3v) is 31.9. The average molecular weight is 1920 g/mol. The van der Waals surface area contributed by atoms with Crippen LogP contribution in [0.25, 0.3) is 5.52 Å². The number of aromatic nitrogens is 1. The molecule has 6 aliphatic rings. The first-order chi connectivity index (χ1) is 67.3. The number of nitrogens with one attached hydrogen (secondary N) is 2. The smallest absolute Gasteiger partial charge is 0.220 e. The van der Waals surface area contributed by atoms with Crippen LogP contribution in [0.5, 0.6) is 23.0 Å². The number of likely N-dealkylation sites (N-methyl/N-ethyl adjacent to an activating group) is 2. The zero-order valence-corrected chi connectivity index (χ0v) is 86.2. The van der Waals surface area contributed by atoms with E-state index in [1.807, 2.05) is 127 Å². The standard InChI is InChI=1S/C31H38N2O5S.C28H30FN3OS.C21H27NO2.C19H31NO.C19H35N/c1-23(2)27-22-33-18-7-6-9-28(33)31(27)39(34,35)26-13-11-25(12-14-26)38-20-8-17-32(3)19-16-24-10-15-29(36-4)30(21-24)37-5;29-22-11-13-23(14-12-22)32-18-16-31(17-19-32)15-5-10-27(33)30-28-24-7-2-1-6-21(24)20-34-26-9-4-3-8-25(26)28;1-3-22(4-2)16-17-24-21-13-9-8-12-19(21)20(23)15-14-18-10-6-5-7-11-18;1-20(2)15-10-16-21-19(13-8-3-4-9-14-19)17-18-11-6-5-7-12-18;1-3-9-16(10-4-1)19(17-11-5-2-6-12-17)15-18-13-7-8-14-20-18/h6-7,9-15,18,21-23H,8,16-17,19-20H2,1-5H3;1-4,6-9,11-14,28H,5,10,15-20H2,(H,30,33);5-13H,3-4,14-17H2,1-2H3;5-7,11-12H,3-4,8-10,13-17H2,1-2H3;16-20H,1-15H2. The van der Waals surface area contributed by atoms with Gasteiger partial charge >= 0.3 is 0 Å². The van der Waals surface area contributed by atoms with E-state index in [4.69, 9.17) is 23.7 Å². The van der Waals surface area contributed by atoms with E-state index in [1.165, 1.54) is 160 Å². The quantitative estimate of drug-likeness (QED) is 0.0212. The minimum atomic E-state index is -3.69. The number of anilines is 1. The second-order valence-electron chi connectivity index (χ2n) is 39.3. The van der Waals surface area contributed by atoms with Crippen molar-refractivity contribution in [3.05, 3.63) is 281 Å². The summed E-state index contributed by atoms with van der Waals surface area (Å²) in [5.41, 5.74) is 10.8. The van der Waals surface area contributed by atoms with Gasteiger partial charge in [0.1, 0.15) is 28.8 Å². The highest BCUT2D eigenvalue weighted by atomic mass is 32.2. The third-order valence-electron chi connectivity index (χ3n) is 28.8. The van der Waals surface area contributed by atoms with Crippen LogP contribution in [0.3, 0.4) is 0 Å². The van der Waals surface area contributed by atoms with E-state index in [1.54, 1.807) is 64.2 Å². The molecule has 20 heteroatoms. The molecule has 0 bridgehead atoms. The lowest BCUT2D eigenvalue weighted by Crippen LogP contribution is -2.46. The number of amides is 1. The Morgan fingerprint density at radius 2 is 1.20 bits per heavy atom. The molecule has 0 spiro atoms. The van der Waals surface area contributed by atoms with Crippen molar-refractivity contribution in [2.24, 2.45) is 17.8 Å². The van der Waals surface area contributed by atoms with Crippen LogP contribution < -0.4 is 34.5 Å². The zero-order valence-electron chi connectivity index (χ0n) is 84.6. The maximum atomic E-state index is 13.6. The summed E-state index contributed by atoms with van der Waals surface area (Å²) in [5, 5.41) is 7.16. The van der Waals surface area contributed by atoms with Crippen molar-refractivity contribution >= 4 is 44.5 Å². The monoisotopic (exact) mass is 1920 g/mol. The number of hydrogen-bond donors (Lipinski definition) is 2. The number of benzene rings is 8. The van der Waals surface area contributed by atoms with Crippen LogP contribution in [0, 0.1) is 23.6 Å². The highest BCUT2D eigenvalue weighted by Crippen LogP contribution is 2.45. The highest BCUT2D eigenvalue weighted by molar-refractivity contribution is 7.98. The Bertz CT molecular complexity index is 5230. The molecule has 1 amide bonds. The van der Waals surface area contributed by atoms with Crippen LogP contribution in [0.15, 0.2) is 245 Å². The number of Topliss-reactive ketones (excluding diaryl/α,β-unsaturated/α-hetero) is 1. The summed E-state index contributed by atoms with van der Waals surface area (Å²) >= 11 is 1.84. The Labute approximate surface area is 831 Å². The molecule has 8 aromatic carbocycles. The first-order valence-electron chi connectivity index (χ1n) is 52.2. The molecule has 2 N–H and O–H groups in total. The molecule has 2 aromatic heterocycles. The molecule has 3 saturated carbocycles. The summed E-state index contributed by atoms with van der Waals surface area (Å²) in [5.74, 6) is 7.09. The van der Waals surface area contributed by atoms with Gasteiger partial charge in [-0.05, 0) is 272 Å². The first kappa shape index (κ1) is 107. The zero-order chi connectivity index (χ0) is 97.1. The first-order valence-corrected chi connectivity index (χ1v) is 54.6. The summed E-state index contributed by atoms with van der Waals surface area (Å²) in [6, 6.07) is 71.2. The fourth-order valence-corrected chi connectivity index (χ4v) is 23.8. The average Bonchev–Trinajstić information content (AvgIpc) is 1.60. The van der Waals surface area contributed by atoms with Crippen molar-refractivity contribution in [3.8, 4) is 23.0 Å². The number of methoxy groups -OCH3 is 2.